The molecular formula is C51H36BN3. The number of anilines is 5. The molecule has 3 nitrogen and oxygen atoms in total. The van der Waals surface area contributed by atoms with Crippen LogP contribution in [0.4, 0.5) is 28.4 Å². The summed E-state index contributed by atoms with van der Waals surface area (Å²) in [7, 11) is 0. The highest BCUT2D eigenvalue weighted by atomic mass is 15.2. The van der Waals surface area contributed by atoms with E-state index in [0.717, 1.165) is 11.4 Å². The minimum atomic E-state index is -0.132. The maximum absolute atomic E-state index is 2.64. The van der Waals surface area contributed by atoms with Crippen LogP contribution in [0.5, 0.6) is 0 Å². The smallest absolute Gasteiger partial charge is 0.333 e. The SMILES string of the molecule is CC1(C)c2ccccc2-c2cc3c(cc21)N(c1ccccc1)B1c2ccccc2-n2c4ccccc4c4c(N(c5ccccc5)c5ccccc5)cc-3c1c42. The Morgan fingerprint density at radius 1 is 0.509 bits per heavy atom. The number of rotatable bonds is 4. The Hall–Kier alpha value is -6.78. The largest absolute Gasteiger partial charge is 0.376 e. The van der Waals surface area contributed by atoms with Gasteiger partial charge in [0.25, 0.3) is 0 Å². The molecule has 0 saturated heterocycles. The number of aromatic nitrogens is 1. The molecule has 2 aliphatic heterocycles. The molecular weight excluding hydrogens is 665 g/mol. The summed E-state index contributed by atoms with van der Waals surface area (Å²) in [5.74, 6) is 0. The number of benzene rings is 8. The van der Waals surface area contributed by atoms with Gasteiger partial charge in [-0.3, -0.25) is 0 Å². The second-order valence-electron chi connectivity index (χ2n) is 15.7. The maximum atomic E-state index is 2.64. The lowest BCUT2D eigenvalue weighted by atomic mass is 9.44. The Morgan fingerprint density at radius 2 is 1.15 bits per heavy atom. The van der Waals surface area contributed by atoms with Gasteiger partial charge in [0.15, 0.2) is 0 Å². The summed E-state index contributed by atoms with van der Waals surface area (Å²) in [6, 6.07) is 67.5. The van der Waals surface area contributed by atoms with Crippen molar-refractivity contribution in [2.75, 3.05) is 9.71 Å². The van der Waals surface area contributed by atoms with Crippen LogP contribution in [0.25, 0.3) is 49.7 Å². The summed E-state index contributed by atoms with van der Waals surface area (Å²) in [4.78, 5) is 5.11. The predicted octanol–water partition coefficient (Wildman–Crippen LogP) is 11.8. The summed E-state index contributed by atoms with van der Waals surface area (Å²) >= 11 is 0. The number of nitrogens with zero attached hydrogens (tertiary/aromatic N) is 3. The molecule has 12 rings (SSSR count). The average Bonchev–Trinajstić information content (AvgIpc) is 3.70. The van der Waals surface area contributed by atoms with E-state index in [1.807, 2.05) is 0 Å². The van der Waals surface area contributed by atoms with E-state index in [1.165, 1.54) is 88.9 Å². The van der Waals surface area contributed by atoms with Gasteiger partial charge in [-0.15, -0.1) is 0 Å². The van der Waals surface area contributed by atoms with E-state index in [0.29, 0.717) is 0 Å². The molecule has 0 saturated carbocycles. The first-order chi connectivity index (χ1) is 27.1. The van der Waals surface area contributed by atoms with Crippen molar-refractivity contribution in [2.24, 2.45) is 0 Å². The summed E-state index contributed by atoms with van der Waals surface area (Å²) < 4.78 is 2.56. The second kappa shape index (κ2) is 11.1. The van der Waals surface area contributed by atoms with Crippen LogP contribution in [0, 0.1) is 0 Å². The Bertz CT molecular complexity index is 2980. The molecule has 0 amide bonds. The van der Waals surface area contributed by atoms with Gasteiger partial charge in [-0.1, -0.05) is 129 Å². The van der Waals surface area contributed by atoms with Crippen LogP contribution >= 0.6 is 0 Å². The topological polar surface area (TPSA) is 11.4 Å². The van der Waals surface area contributed by atoms with Crippen molar-refractivity contribution in [3.8, 4) is 27.9 Å². The lowest BCUT2D eigenvalue weighted by Gasteiger charge is -2.43. The number of fused-ring (bicyclic) bond motifs is 11. The van der Waals surface area contributed by atoms with Crippen LogP contribution in [-0.4, -0.2) is 11.4 Å². The maximum Gasteiger partial charge on any atom is 0.333 e. The van der Waals surface area contributed by atoms with Crippen molar-refractivity contribution in [2.45, 2.75) is 19.3 Å². The fraction of sp³-hybridized carbons (Fsp3) is 0.0588. The van der Waals surface area contributed by atoms with Crippen molar-refractivity contribution >= 4 is 68.0 Å². The van der Waals surface area contributed by atoms with Crippen LogP contribution in [0.2, 0.25) is 0 Å². The highest BCUT2D eigenvalue weighted by molar-refractivity contribution is 6.93. The molecule has 258 valence electrons. The molecule has 0 unspecified atom stereocenters. The number of hydrogen-bond acceptors (Lipinski definition) is 2. The summed E-state index contributed by atoms with van der Waals surface area (Å²) in [6.07, 6.45) is 0. The highest BCUT2D eigenvalue weighted by Crippen LogP contribution is 2.55. The number of hydrogen-bond donors (Lipinski definition) is 0. The zero-order valence-electron chi connectivity index (χ0n) is 30.7. The Labute approximate surface area is 321 Å². The zero-order valence-corrected chi connectivity index (χ0v) is 30.7. The van der Waals surface area contributed by atoms with E-state index in [2.05, 4.69) is 210 Å². The van der Waals surface area contributed by atoms with Crippen molar-refractivity contribution in [3.05, 3.63) is 193 Å². The van der Waals surface area contributed by atoms with Crippen LogP contribution in [-0.2, 0) is 5.41 Å². The first-order valence-electron chi connectivity index (χ1n) is 19.3. The normalized spacial score (nSPS) is 14.1. The lowest BCUT2D eigenvalue weighted by Crippen LogP contribution is -2.60. The van der Waals surface area contributed by atoms with Gasteiger partial charge in [-0.2, -0.15) is 0 Å². The molecule has 0 atom stereocenters. The first kappa shape index (κ1) is 30.7. The molecule has 8 aromatic carbocycles. The van der Waals surface area contributed by atoms with Gasteiger partial charge >= 0.3 is 6.85 Å². The van der Waals surface area contributed by atoms with E-state index >= 15 is 0 Å². The van der Waals surface area contributed by atoms with Gasteiger partial charge in [0.1, 0.15) is 0 Å². The van der Waals surface area contributed by atoms with Crippen molar-refractivity contribution < 1.29 is 0 Å². The minimum Gasteiger partial charge on any atom is -0.376 e. The van der Waals surface area contributed by atoms with Gasteiger partial charge in [0, 0.05) is 50.2 Å². The summed E-state index contributed by atoms with van der Waals surface area (Å²) in [5.41, 5.74) is 20.2. The molecule has 0 fully saturated rings. The Kier molecular flexibility index (Phi) is 6.20. The molecule has 9 aromatic rings. The van der Waals surface area contributed by atoms with E-state index < -0.39 is 0 Å². The second-order valence-corrected chi connectivity index (χ2v) is 15.7. The standard InChI is InChI=1S/C51H36BN3/c1-51(2)41-26-14-12-24-36(41)38-30-39-40-31-47(53(33-18-6-3-7-19-33)34-20-8-4-9-21-34)48-37-25-13-16-28-44(37)54-45-29-17-15-27-43(45)52(49(40)50(48)54)55(46(39)32-42(38)51)35-22-10-5-11-23-35/h3-32H,1-2H3. The monoisotopic (exact) mass is 701 g/mol. The molecule has 1 aliphatic carbocycles. The third kappa shape index (κ3) is 4.06. The molecule has 3 aliphatic rings. The van der Waals surface area contributed by atoms with Gasteiger partial charge in [-0.05, 0) is 105 Å². The summed E-state index contributed by atoms with van der Waals surface area (Å²) in [5, 5.41) is 2.52. The minimum absolute atomic E-state index is 0.0405. The predicted molar refractivity (Wildman–Crippen MR) is 232 cm³/mol. The van der Waals surface area contributed by atoms with Crippen molar-refractivity contribution in [1.29, 1.82) is 0 Å². The molecule has 4 heteroatoms. The van der Waals surface area contributed by atoms with Gasteiger partial charge in [0.05, 0.1) is 16.7 Å². The molecule has 1 aromatic heterocycles. The molecule has 0 N–H and O–H groups in total. The van der Waals surface area contributed by atoms with Crippen LogP contribution in [0.15, 0.2) is 182 Å². The van der Waals surface area contributed by atoms with Crippen molar-refractivity contribution in [3.63, 3.8) is 0 Å². The van der Waals surface area contributed by atoms with E-state index in [1.54, 1.807) is 0 Å². The highest BCUT2D eigenvalue weighted by Gasteiger charge is 2.46. The third-order valence-corrected chi connectivity index (χ3v) is 12.5. The zero-order chi connectivity index (χ0) is 36.4. The Morgan fingerprint density at radius 3 is 1.91 bits per heavy atom. The van der Waals surface area contributed by atoms with Crippen LogP contribution in [0.3, 0.4) is 0 Å². The van der Waals surface area contributed by atoms with E-state index in [-0.39, 0.29) is 12.3 Å². The molecule has 55 heavy (non-hydrogen) atoms. The van der Waals surface area contributed by atoms with Crippen LogP contribution in [0.1, 0.15) is 25.0 Å². The first-order valence-corrected chi connectivity index (χ1v) is 19.3. The van der Waals surface area contributed by atoms with Crippen LogP contribution < -0.4 is 20.6 Å². The quantitative estimate of drug-likeness (QED) is 0.169. The Balaban J connectivity index is 1.30. The molecule has 3 heterocycles. The van der Waals surface area contributed by atoms with Gasteiger partial charge in [0.2, 0.25) is 0 Å². The molecule has 0 radical (unpaired) electrons. The van der Waals surface area contributed by atoms with Gasteiger partial charge in [-0.25, -0.2) is 0 Å². The molecule has 0 spiro atoms. The van der Waals surface area contributed by atoms with Crippen molar-refractivity contribution in [1.82, 2.24) is 4.57 Å². The molecule has 0 bridgehead atoms. The fourth-order valence-electron chi connectivity index (χ4n) is 10.2. The third-order valence-electron chi connectivity index (χ3n) is 12.5. The lowest BCUT2D eigenvalue weighted by molar-refractivity contribution is 0.660. The van der Waals surface area contributed by atoms with E-state index in [9.17, 15) is 0 Å². The average molecular weight is 702 g/mol. The van der Waals surface area contributed by atoms with E-state index in [4.69, 9.17) is 0 Å². The van der Waals surface area contributed by atoms with Gasteiger partial charge < -0.3 is 14.3 Å². The fourth-order valence-corrected chi connectivity index (χ4v) is 10.2. The number of para-hydroxylation sites is 5. The summed E-state index contributed by atoms with van der Waals surface area (Å²) in [6.45, 7) is 4.74.